The van der Waals surface area contributed by atoms with Gasteiger partial charge in [-0.1, -0.05) is 47.5 Å². The molecule has 0 atom stereocenters. The third-order valence-corrected chi connectivity index (χ3v) is 4.36. The Bertz CT molecular complexity index is 795. The molecule has 0 saturated heterocycles. The average Bonchev–Trinajstić information content (AvgIpc) is 2.62. The van der Waals surface area contributed by atoms with Gasteiger partial charge in [0.1, 0.15) is 0 Å². The molecule has 0 aliphatic carbocycles. The number of anilines is 1. The van der Waals surface area contributed by atoms with E-state index >= 15 is 0 Å². The van der Waals surface area contributed by atoms with Crippen LogP contribution in [0.1, 0.15) is 23.1 Å². The fourth-order valence-electron chi connectivity index (χ4n) is 2.48. The molecule has 146 valence electrons. The summed E-state index contributed by atoms with van der Waals surface area (Å²) in [5.74, 6) is 0.593. The zero-order valence-electron chi connectivity index (χ0n) is 15.8. The number of carbonyl (C=O) groups is 1. The number of aryl methyl sites for hydroxylation is 1. The molecule has 1 amide bonds. The lowest BCUT2D eigenvalue weighted by molar-refractivity contribution is -0.116. The Balaban J connectivity index is 0.00000364. The predicted octanol–water partition coefficient (Wildman–Crippen LogP) is 4.27. The maximum atomic E-state index is 12.1. The van der Waals surface area contributed by atoms with Crippen LogP contribution in [0.15, 0.2) is 47.5 Å². The third kappa shape index (κ3) is 7.76. The summed E-state index contributed by atoms with van der Waals surface area (Å²) in [6.07, 6.45) is 0.330. The van der Waals surface area contributed by atoms with Crippen LogP contribution in [0, 0.1) is 13.8 Å². The number of halogens is 2. The van der Waals surface area contributed by atoms with Crippen molar-refractivity contribution in [3.05, 3.63) is 64.2 Å². The smallest absolute Gasteiger partial charge is 0.226 e. The normalized spacial score (nSPS) is 10.7. The van der Waals surface area contributed by atoms with Gasteiger partial charge < -0.3 is 16.0 Å². The largest absolute Gasteiger partial charge is 0.356 e. The molecule has 2 aromatic rings. The molecular formula is C20H26ClIN4O. The standard InChI is InChI=1S/C20H25ClN4O.HI/c1-14-6-4-7-16(12-14)13-24-20(22-3)23-11-10-19(26)25-18-9-5-8-17(21)15(18)2;/h4-9,12H,10-11,13H2,1-3H3,(H,25,26)(H2,22,23,24);1H. The van der Waals surface area contributed by atoms with Gasteiger partial charge >= 0.3 is 0 Å². The van der Waals surface area contributed by atoms with Crippen LogP contribution in [0.5, 0.6) is 0 Å². The van der Waals surface area contributed by atoms with Gasteiger partial charge in [-0.25, -0.2) is 0 Å². The molecule has 0 saturated carbocycles. The summed E-state index contributed by atoms with van der Waals surface area (Å²) in [6, 6.07) is 13.8. The van der Waals surface area contributed by atoms with Crippen LogP contribution in [0.25, 0.3) is 0 Å². The van der Waals surface area contributed by atoms with Crippen LogP contribution in [0.2, 0.25) is 5.02 Å². The second-order valence-corrected chi connectivity index (χ2v) is 6.46. The maximum absolute atomic E-state index is 12.1. The first kappa shape index (κ1) is 23.2. The van der Waals surface area contributed by atoms with Crippen molar-refractivity contribution in [2.24, 2.45) is 4.99 Å². The molecule has 2 rings (SSSR count). The molecule has 5 nitrogen and oxygen atoms in total. The lowest BCUT2D eigenvalue weighted by Gasteiger charge is -2.13. The Labute approximate surface area is 183 Å². The number of nitrogens with one attached hydrogen (secondary N) is 3. The lowest BCUT2D eigenvalue weighted by atomic mass is 10.1. The van der Waals surface area contributed by atoms with Gasteiger partial charge in [-0.05, 0) is 37.1 Å². The summed E-state index contributed by atoms with van der Waals surface area (Å²) in [4.78, 5) is 16.3. The molecule has 0 fully saturated rings. The van der Waals surface area contributed by atoms with Gasteiger partial charge in [0.05, 0.1) is 0 Å². The molecule has 0 aliphatic heterocycles. The van der Waals surface area contributed by atoms with Crippen molar-refractivity contribution in [1.29, 1.82) is 0 Å². The van der Waals surface area contributed by atoms with Crippen molar-refractivity contribution in [3.63, 3.8) is 0 Å². The second-order valence-electron chi connectivity index (χ2n) is 6.05. The monoisotopic (exact) mass is 500 g/mol. The van der Waals surface area contributed by atoms with E-state index in [9.17, 15) is 4.79 Å². The summed E-state index contributed by atoms with van der Waals surface area (Å²) in [6.45, 7) is 5.11. The predicted molar refractivity (Wildman–Crippen MR) is 124 cm³/mol. The number of nitrogens with zero attached hydrogens (tertiary/aromatic N) is 1. The highest BCUT2D eigenvalue weighted by molar-refractivity contribution is 14.0. The highest BCUT2D eigenvalue weighted by atomic mass is 127. The van der Waals surface area contributed by atoms with Crippen molar-refractivity contribution < 1.29 is 4.79 Å². The Morgan fingerprint density at radius 2 is 1.85 bits per heavy atom. The Morgan fingerprint density at radius 3 is 2.56 bits per heavy atom. The summed E-state index contributed by atoms with van der Waals surface area (Å²) in [5, 5.41) is 9.92. The van der Waals surface area contributed by atoms with E-state index in [-0.39, 0.29) is 29.9 Å². The van der Waals surface area contributed by atoms with E-state index in [1.54, 1.807) is 13.1 Å². The van der Waals surface area contributed by atoms with Crippen LogP contribution in [0.3, 0.4) is 0 Å². The molecule has 0 spiro atoms. The van der Waals surface area contributed by atoms with Gasteiger partial charge in [-0.15, -0.1) is 24.0 Å². The number of benzene rings is 2. The first-order valence-electron chi connectivity index (χ1n) is 8.54. The van der Waals surface area contributed by atoms with Crippen LogP contribution in [0.4, 0.5) is 5.69 Å². The third-order valence-electron chi connectivity index (χ3n) is 3.95. The fourth-order valence-corrected chi connectivity index (χ4v) is 2.65. The van der Waals surface area contributed by atoms with Gasteiger partial charge in [0.15, 0.2) is 5.96 Å². The Hall–Kier alpha value is -1.80. The Morgan fingerprint density at radius 1 is 1.11 bits per heavy atom. The molecule has 0 bridgehead atoms. The lowest BCUT2D eigenvalue weighted by Crippen LogP contribution is -2.38. The number of amides is 1. The molecule has 0 aromatic heterocycles. The molecule has 3 N–H and O–H groups in total. The van der Waals surface area contributed by atoms with Gasteiger partial charge in [0, 0.05) is 37.3 Å². The van der Waals surface area contributed by atoms with Gasteiger partial charge in [0.2, 0.25) is 5.91 Å². The highest BCUT2D eigenvalue weighted by Crippen LogP contribution is 2.22. The van der Waals surface area contributed by atoms with Crippen molar-refractivity contribution >= 4 is 53.1 Å². The number of rotatable bonds is 6. The first-order valence-corrected chi connectivity index (χ1v) is 8.92. The zero-order chi connectivity index (χ0) is 18.9. The van der Waals surface area contributed by atoms with Crippen molar-refractivity contribution in [1.82, 2.24) is 10.6 Å². The van der Waals surface area contributed by atoms with Gasteiger partial charge in [-0.2, -0.15) is 0 Å². The van der Waals surface area contributed by atoms with E-state index in [4.69, 9.17) is 11.6 Å². The van der Waals surface area contributed by atoms with E-state index < -0.39 is 0 Å². The summed E-state index contributed by atoms with van der Waals surface area (Å²) in [5.41, 5.74) is 4.01. The van der Waals surface area contributed by atoms with Crippen LogP contribution in [-0.2, 0) is 11.3 Å². The van der Waals surface area contributed by atoms with Crippen LogP contribution < -0.4 is 16.0 Å². The van der Waals surface area contributed by atoms with Crippen molar-refractivity contribution in [2.45, 2.75) is 26.8 Å². The minimum atomic E-state index is -0.0722. The molecule has 7 heteroatoms. The van der Waals surface area contributed by atoms with E-state index in [1.807, 2.05) is 25.1 Å². The topological polar surface area (TPSA) is 65.5 Å². The summed E-state index contributed by atoms with van der Waals surface area (Å²) in [7, 11) is 1.71. The second kappa shape index (κ2) is 11.8. The zero-order valence-corrected chi connectivity index (χ0v) is 18.9. The van der Waals surface area contributed by atoms with Gasteiger partial charge in [0.25, 0.3) is 0 Å². The number of hydrogen-bond donors (Lipinski definition) is 3. The number of aliphatic imine (C=N–C) groups is 1. The number of guanidine groups is 1. The van der Waals surface area contributed by atoms with Crippen molar-refractivity contribution in [2.75, 3.05) is 18.9 Å². The molecule has 2 aromatic carbocycles. The molecule has 0 unspecified atom stereocenters. The summed E-state index contributed by atoms with van der Waals surface area (Å²) < 4.78 is 0. The van der Waals surface area contributed by atoms with Crippen LogP contribution >= 0.6 is 35.6 Å². The SMILES string of the molecule is CN=C(NCCC(=O)Nc1cccc(Cl)c1C)NCc1cccc(C)c1.I. The van der Waals surface area contributed by atoms with E-state index in [0.29, 0.717) is 30.5 Å². The maximum Gasteiger partial charge on any atom is 0.226 e. The highest BCUT2D eigenvalue weighted by Gasteiger charge is 2.07. The minimum absolute atomic E-state index is 0. The fraction of sp³-hybridized carbons (Fsp3) is 0.300. The molecular weight excluding hydrogens is 475 g/mol. The molecule has 0 heterocycles. The average molecular weight is 501 g/mol. The van der Waals surface area contributed by atoms with Crippen LogP contribution in [-0.4, -0.2) is 25.5 Å². The van der Waals surface area contributed by atoms with E-state index in [2.05, 4.69) is 46.1 Å². The molecule has 27 heavy (non-hydrogen) atoms. The quantitative estimate of drug-likeness (QED) is 0.315. The summed E-state index contributed by atoms with van der Waals surface area (Å²) >= 11 is 6.07. The van der Waals surface area contributed by atoms with Gasteiger partial charge in [-0.3, -0.25) is 9.79 Å². The van der Waals surface area contributed by atoms with E-state index in [1.165, 1.54) is 11.1 Å². The van der Waals surface area contributed by atoms with Crippen molar-refractivity contribution in [3.8, 4) is 0 Å². The molecule has 0 radical (unpaired) electrons. The number of hydrogen-bond acceptors (Lipinski definition) is 2. The molecule has 0 aliphatic rings. The number of carbonyl (C=O) groups excluding carboxylic acids is 1. The minimum Gasteiger partial charge on any atom is -0.356 e. The first-order chi connectivity index (χ1) is 12.5. The van der Waals surface area contributed by atoms with E-state index in [0.717, 1.165) is 11.3 Å². The Kier molecular flexibility index (Phi) is 10.2.